The van der Waals surface area contributed by atoms with Gasteiger partial charge < -0.3 is 4.90 Å². The van der Waals surface area contributed by atoms with E-state index >= 15 is 0 Å². The highest BCUT2D eigenvalue weighted by Crippen LogP contribution is 2.23. The third-order valence-electron chi connectivity index (χ3n) is 3.46. The van der Waals surface area contributed by atoms with E-state index in [9.17, 15) is 4.79 Å². The van der Waals surface area contributed by atoms with E-state index < -0.39 is 0 Å². The summed E-state index contributed by atoms with van der Waals surface area (Å²) in [6, 6.07) is 21.5. The van der Waals surface area contributed by atoms with Crippen LogP contribution in [0.15, 0.2) is 66.7 Å². The fourth-order valence-electron chi connectivity index (χ4n) is 2.26. The normalized spacial score (nSPS) is 10.3. The second-order valence-electron chi connectivity index (χ2n) is 5.39. The largest absolute Gasteiger partial charge is 0.342 e. The smallest absolute Gasteiger partial charge is 0.291 e. The average Bonchev–Trinajstić information content (AvgIpc) is 2.62. The summed E-state index contributed by atoms with van der Waals surface area (Å²) in [5.41, 5.74) is 3.40. The molecule has 4 nitrogen and oxygen atoms in total. The fourth-order valence-corrected chi connectivity index (χ4v) is 2.26. The first-order valence-corrected chi connectivity index (χ1v) is 7.37. The van der Waals surface area contributed by atoms with Crippen LogP contribution in [0.25, 0.3) is 22.5 Å². The van der Waals surface area contributed by atoms with Crippen molar-refractivity contribution in [3.63, 3.8) is 0 Å². The molecule has 1 amide bonds. The summed E-state index contributed by atoms with van der Waals surface area (Å²) in [5.74, 6) is -0.00447. The topological polar surface area (TPSA) is 46.1 Å². The van der Waals surface area contributed by atoms with Crippen molar-refractivity contribution in [2.24, 2.45) is 0 Å². The van der Waals surface area contributed by atoms with Crippen LogP contribution >= 0.6 is 0 Å². The van der Waals surface area contributed by atoms with E-state index in [1.807, 2.05) is 66.7 Å². The molecule has 4 heteroatoms. The number of amides is 1. The first kappa shape index (κ1) is 14.9. The monoisotopic (exact) mass is 303 g/mol. The number of carbonyl (C=O) groups excluding carboxylic acids is 1. The van der Waals surface area contributed by atoms with Crippen molar-refractivity contribution in [2.75, 3.05) is 14.1 Å². The zero-order valence-electron chi connectivity index (χ0n) is 13.1. The highest BCUT2D eigenvalue weighted by Gasteiger charge is 2.15. The van der Waals surface area contributed by atoms with E-state index in [0.29, 0.717) is 0 Å². The second-order valence-corrected chi connectivity index (χ2v) is 5.39. The maximum absolute atomic E-state index is 12.3. The van der Waals surface area contributed by atoms with Gasteiger partial charge >= 0.3 is 0 Å². The number of benzene rings is 2. The Kier molecular flexibility index (Phi) is 4.15. The molecule has 1 heterocycles. The van der Waals surface area contributed by atoms with Crippen LogP contribution in [0.4, 0.5) is 0 Å². The van der Waals surface area contributed by atoms with Crippen molar-refractivity contribution in [3.05, 3.63) is 72.6 Å². The van der Waals surface area contributed by atoms with Gasteiger partial charge in [-0.05, 0) is 6.07 Å². The zero-order valence-corrected chi connectivity index (χ0v) is 13.1. The number of nitrogens with zero attached hydrogens (tertiary/aromatic N) is 3. The lowest BCUT2D eigenvalue weighted by molar-refractivity contribution is 0.0816. The third-order valence-corrected chi connectivity index (χ3v) is 3.46. The van der Waals surface area contributed by atoms with Crippen LogP contribution < -0.4 is 0 Å². The number of carbonyl (C=O) groups is 1. The first-order valence-electron chi connectivity index (χ1n) is 7.37. The van der Waals surface area contributed by atoms with E-state index in [2.05, 4.69) is 9.97 Å². The van der Waals surface area contributed by atoms with Crippen LogP contribution in [0, 0.1) is 0 Å². The molecular weight excluding hydrogens is 286 g/mol. The molecule has 0 aliphatic heterocycles. The Morgan fingerprint density at radius 3 is 1.61 bits per heavy atom. The molecule has 3 aromatic rings. The molecule has 3 rings (SSSR count). The second kappa shape index (κ2) is 6.40. The van der Waals surface area contributed by atoms with Crippen molar-refractivity contribution in [1.82, 2.24) is 14.9 Å². The average molecular weight is 303 g/mol. The molecular formula is C19H17N3O. The van der Waals surface area contributed by atoms with Gasteiger partial charge in [0.15, 0.2) is 0 Å². The Morgan fingerprint density at radius 1 is 0.783 bits per heavy atom. The molecule has 0 spiro atoms. The Morgan fingerprint density at radius 2 is 1.22 bits per heavy atom. The van der Waals surface area contributed by atoms with Crippen LogP contribution in [0.3, 0.4) is 0 Å². The summed E-state index contributed by atoms with van der Waals surface area (Å²) in [5, 5.41) is 0. The maximum atomic E-state index is 12.3. The predicted octanol–water partition coefficient (Wildman–Crippen LogP) is 3.51. The standard InChI is InChI=1S/C19H17N3O/c1-22(2)19(23)18-20-16(14-9-5-3-6-10-14)13-17(21-18)15-11-7-4-8-12-15/h3-13H,1-2H3. The summed E-state index contributed by atoms with van der Waals surface area (Å²) in [6.07, 6.45) is 0. The van der Waals surface area contributed by atoms with E-state index in [1.165, 1.54) is 4.90 Å². The van der Waals surface area contributed by atoms with E-state index in [1.54, 1.807) is 14.1 Å². The zero-order chi connectivity index (χ0) is 16.2. The Labute approximate surface area is 135 Å². The van der Waals surface area contributed by atoms with Gasteiger partial charge in [-0.3, -0.25) is 4.79 Å². The molecule has 114 valence electrons. The maximum Gasteiger partial charge on any atom is 0.291 e. The lowest BCUT2D eigenvalue weighted by atomic mass is 10.1. The van der Waals surface area contributed by atoms with Gasteiger partial charge in [0.1, 0.15) is 0 Å². The Bertz CT molecular complexity index is 757. The van der Waals surface area contributed by atoms with Gasteiger partial charge in [0, 0.05) is 25.2 Å². The van der Waals surface area contributed by atoms with E-state index in [0.717, 1.165) is 22.5 Å². The van der Waals surface area contributed by atoms with Crippen molar-refractivity contribution in [3.8, 4) is 22.5 Å². The summed E-state index contributed by atoms with van der Waals surface area (Å²) in [6.45, 7) is 0. The highest BCUT2D eigenvalue weighted by molar-refractivity contribution is 5.91. The van der Waals surface area contributed by atoms with Crippen molar-refractivity contribution in [2.45, 2.75) is 0 Å². The molecule has 0 aliphatic carbocycles. The number of rotatable bonds is 3. The summed E-state index contributed by atoms with van der Waals surface area (Å²) < 4.78 is 0. The third kappa shape index (κ3) is 3.26. The minimum absolute atomic E-state index is 0.204. The molecule has 0 aliphatic rings. The summed E-state index contributed by atoms with van der Waals surface area (Å²) in [4.78, 5) is 22.7. The molecule has 0 radical (unpaired) electrons. The van der Waals surface area contributed by atoms with Gasteiger partial charge in [-0.15, -0.1) is 0 Å². The molecule has 2 aromatic carbocycles. The van der Waals surface area contributed by atoms with Gasteiger partial charge in [0.2, 0.25) is 5.82 Å². The molecule has 1 aromatic heterocycles. The highest BCUT2D eigenvalue weighted by atomic mass is 16.2. The summed E-state index contributed by atoms with van der Waals surface area (Å²) >= 11 is 0. The van der Waals surface area contributed by atoms with Crippen LogP contribution in [0.1, 0.15) is 10.6 Å². The quantitative estimate of drug-likeness (QED) is 0.744. The van der Waals surface area contributed by atoms with Crippen molar-refractivity contribution in [1.29, 1.82) is 0 Å². The molecule has 0 N–H and O–H groups in total. The molecule has 0 fully saturated rings. The lowest BCUT2D eigenvalue weighted by Gasteiger charge is -2.12. The first-order chi connectivity index (χ1) is 11.1. The van der Waals surface area contributed by atoms with Crippen LogP contribution in [-0.4, -0.2) is 34.9 Å². The predicted molar refractivity (Wildman–Crippen MR) is 90.9 cm³/mol. The molecule has 0 saturated heterocycles. The van der Waals surface area contributed by atoms with Gasteiger partial charge in [-0.25, -0.2) is 9.97 Å². The van der Waals surface area contributed by atoms with Crippen LogP contribution in [0.2, 0.25) is 0 Å². The number of hydrogen-bond acceptors (Lipinski definition) is 3. The molecule has 0 bridgehead atoms. The SMILES string of the molecule is CN(C)C(=O)c1nc(-c2ccccc2)cc(-c2ccccc2)n1. The summed E-state index contributed by atoms with van der Waals surface area (Å²) in [7, 11) is 3.39. The Hall–Kier alpha value is -3.01. The Balaban J connectivity index is 2.17. The van der Waals surface area contributed by atoms with E-state index in [4.69, 9.17) is 0 Å². The van der Waals surface area contributed by atoms with Gasteiger partial charge in [-0.1, -0.05) is 60.7 Å². The molecule has 0 unspecified atom stereocenters. The number of hydrogen-bond donors (Lipinski definition) is 0. The van der Waals surface area contributed by atoms with Crippen molar-refractivity contribution >= 4 is 5.91 Å². The number of aromatic nitrogens is 2. The minimum atomic E-state index is -0.208. The fraction of sp³-hybridized carbons (Fsp3) is 0.105. The van der Waals surface area contributed by atoms with E-state index in [-0.39, 0.29) is 11.7 Å². The van der Waals surface area contributed by atoms with Crippen molar-refractivity contribution < 1.29 is 4.79 Å². The van der Waals surface area contributed by atoms with Gasteiger partial charge in [0.25, 0.3) is 5.91 Å². The van der Waals surface area contributed by atoms with Crippen LogP contribution in [0.5, 0.6) is 0 Å². The van der Waals surface area contributed by atoms with Crippen LogP contribution in [-0.2, 0) is 0 Å². The lowest BCUT2D eigenvalue weighted by Crippen LogP contribution is -2.24. The molecule has 0 saturated carbocycles. The molecule has 23 heavy (non-hydrogen) atoms. The van der Waals surface area contributed by atoms with Gasteiger partial charge in [0.05, 0.1) is 11.4 Å². The van der Waals surface area contributed by atoms with Gasteiger partial charge in [-0.2, -0.15) is 0 Å². The molecule has 0 atom stereocenters. The minimum Gasteiger partial charge on any atom is -0.342 e.